The third kappa shape index (κ3) is 5.99. The largest absolute Gasteiger partial charge is 0.508 e. The number of hydrogen-bond donors (Lipinski definition) is 2. The van der Waals surface area contributed by atoms with Crippen molar-refractivity contribution in [1.82, 2.24) is 25.1 Å². The van der Waals surface area contributed by atoms with Crippen LogP contribution >= 0.6 is 0 Å². The van der Waals surface area contributed by atoms with Gasteiger partial charge in [-0.3, -0.25) is 9.59 Å². The molecule has 0 bridgehead atoms. The summed E-state index contributed by atoms with van der Waals surface area (Å²) in [5.74, 6) is -0.300. The molecule has 4 amide bonds. The molecule has 9 nitrogen and oxygen atoms in total. The fourth-order valence-corrected chi connectivity index (χ4v) is 6.50. The molecule has 2 N–H and O–H groups in total. The molecule has 3 unspecified atom stereocenters. The number of piperazine rings is 1. The molecule has 0 radical (unpaired) electrons. The van der Waals surface area contributed by atoms with Gasteiger partial charge in [0, 0.05) is 26.1 Å². The molecule has 0 aliphatic carbocycles. The SMILES string of the molecule is C=CCN1CC(=O)N2C(Cc3ccc(O)cc3)C(=O)N(Cc3cccc4ccccc34)C(C)C2N1C(=O)NCc1ccccc1. The molecule has 2 aliphatic heterocycles. The van der Waals surface area contributed by atoms with E-state index in [4.69, 9.17) is 0 Å². The molecule has 2 heterocycles. The zero-order chi connectivity index (χ0) is 31.5. The highest BCUT2D eigenvalue weighted by molar-refractivity contribution is 5.93. The number of hydrogen-bond acceptors (Lipinski definition) is 5. The van der Waals surface area contributed by atoms with Gasteiger partial charge < -0.3 is 20.2 Å². The summed E-state index contributed by atoms with van der Waals surface area (Å²) in [6.45, 7) is 6.60. The van der Waals surface area contributed by atoms with Crippen LogP contribution in [0.1, 0.15) is 23.6 Å². The van der Waals surface area contributed by atoms with Crippen molar-refractivity contribution in [3.05, 3.63) is 126 Å². The Morgan fingerprint density at radius 3 is 2.40 bits per heavy atom. The van der Waals surface area contributed by atoms with Crippen LogP contribution in [0.25, 0.3) is 10.8 Å². The molecular formula is C36H37N5O4. The number of nitrogens with one attached hydrogen (secondary N) is 1. The highest BCUT2D eigenvalue weighted by atomic mass is 16.3. The summed E-state index contributed by atoms with van der Waals surface area (Å²) < 4.78 is 0. The fourth-order valence-electron chi connectivity index (χ4n) is 6.50. The highest BCUT2D eigenvalue weighted by Gasteiger charge is 2.54. The molecule has 2 fully saturated rings. The van der Waals surface area contributed by atoms with E-state index in [1.807, 2.05) is 79.7 Å². The highest BCUT2D eigenvalue weighted by Crippen LogP contribution is 2.34. The van der Waals surface area contributed by atoms with Gasteiger partial charge in [0.15, 0.2) is 0 Å². The lowest BCUT2D eigenvalue weighted by atomic mass is 9.94. The topological polar surface area (TPSA) is 96.4 Å². The van der Waals surface area contributed by atoms with Crippen molar-refractivity contribution in [2.75, 3.05) is 13.1 Å². The Hall–Kier alpha value is -5.15. The first-order valence-corrected chi connectivity index (χ1v) is 15.2. The van der Waals surface area contributed by atoms with Crippen LogP contribution in [0, 0.1) is 0 Å². The Morgan fingerprint density at radius 2 is 1.64 bits per heavy atom. The van der Waals surface area contributed by atoms with Crippen molar-refractivity contribution >= 4 is 28.6 Å². The molecule has 2 saturated heterocycles. The second-order valence-corrected chi connectivity index (χ2v) is 11.6. The van der Waals surface area contributed by atoms with Crippen molar-refractivity contribution in [2.45, 2.75) is 44.7 Å². The number of phenols is 1. The van der Waals surface area contributed by atoms with E-state index in [0.717, 1.165) is 27.5 Å². The minimum absolute atomic E-state index is 0.0727. The molecule has 4 aromatic rings. The first-order chi connectivity index (χ1) is 21.9. The standard InChI is InChI=1S/C36H37N5O4/c1-3-20-38-24-33(43)40-32(21-26-16-18-30(42)19-17-26)35(44)39(23-29-14-9-13-28-12-7-8-15-31(28)29)25(2)34(40)41(38)36(45)37-22-27-10-5-4-6-11-27/h3-19,25,32,34,42H,1,20-24H2,2H3,(H,37,45). The minimum Gasteiger partial charge on any atom is -0.508 e. The van der Waals surface area contributed by atoms with Crippen molar-refractivity contribution in [2.24, 2.45) is 0 Å². The predicted molar refractivity (Wildman–Crippen MR) is 172 cm³/mol. The number of nitrogens with zero attached hydrogens (tertiary/aromatic N) is 4. The zero-order valence-corrected chi connectivity index (χ0v) is 25.3. The summed E-state index contributed by atoms with van der Waals surface area (Å²) in [6, 6.07) is 28.6. The van der Waals surface area contributed by atoms with Crippen LogP contribution in [0.4, 0.5) is 4.79 Å². The molecule has 0 spiro atoms. The number of hydrazine groups is 1. The van der Waals surface area contributed by atoms with Crippen molar-refractivity contribution in [3.8, 4) is 5.75 Å². The van der Waals surface area contributed by atoms with E-state index < -0.39 is 18.2 Å². The van der Waals surface area contributed by atoms with Crippen molar-refractivity contribution in [1.29, 1.82) is 0 Å². The van der Waals surface area contributed by atoms with Crippen molar-refractivity contribution < 1.29 is 19.5 Å². The van der Waals surface area contributed by atoms with E-state index >= 15 is 0 Å². The maximum Gasteiger partial charge on any atom is 0.334 e. The summed E-state index contributed by atoms with van der Waals surface area (Å²) in [5, 5.41) is 18.3. The predicted octanol–water partition coefficient (Wildman–Crippen LogP) is 4.67. The number of urea groups is 1. The maximum absolute atomic E-state index is 14.5. The number of aromatic hydroxyl groups is 1. The monoisotopic (exact) mass is 603 g/mol. The Labute approximate surface area is 262 Å². The van der Waals surface area contributed by atoms with Gasteiger partial charge in [-0.15, -0.1) is 6.58 Å². The lowest BCUT2D eigenvalue weighted by molar-refractivity contribution is -0.198. The number of amides is 4. The van der Waals surface area contributed by atoms with Gasteiger partial charge in [0.05, 0.1) is 12.6 Å². The second-order valence-electron chi connectivity index (χ2n) is 11.6. The molecule has 230 valence electrons. The average molecular weight is 604 g/mol. The molecule has 0 aromatic heterocycles. The van der Waals surface area contributed by atoms with E-state index in [9.17, 15) is 19.5 Å². The lowest BCUT2D eigenvalue weighted by Crippen LogP contribution is -2.79. The van der Waals surface area contributed by atoms with Crippen LogP contribution in [0.3, 0.4) is 0 Å². The summed E-state index contributed by atoms with van der Waals surface area (Å²) in [7, 11) is 0. The van der Waals surface area contributed by atoms with E-state index in [1.165, 1.54) is 0 Å². The van der Waals surface area contributed by atoms with Gasteiger partial charge >= 0.3 is 6.03 Å². The van der Waals surface area contributed by atoms with Crippen LogP contribution < -0.4 is 5.32 Å². The Morgan fingerprint density at radius 1 is 0.933 bits per heavy atom. The van der Waals surface area contributed by atoms with Gasteiger partial charge in [-0.1, -0.05) is 91.0 Å². The maximum atomic E-state index is 14.5. The van der Waals surface area contributed by atoms with E-state index in [2.05, 4.69) is 11.9 Å². The molecule has 2 aliphatic rings. The van der Waals surface area contributed by atoms with Crippen molar-refractivity contribution in [3.63, 3.8) is 0 Å². The van der Waals surface area contributed by atoms with Crippen LogP contribution in [0.15, 0.2) is 110 Å². The van der Waals surface area contributed by atoms with Gasteiger partial charge in [-0.05, 0) is 46.5 Å². The van der Waals surface area contributed by atoms with Gasteiger partial charge in [-0.2, -0.15) is 0 Å². The summed E-state index contributed by atoms with van der Waals surface area (Å²) in [5.41, 5.74) is 2.72. The molecular weight excluding hydrogens is 566 g/mol. The molecule has 9 heteroatoms. The van der Waals surface area contributed by atoms with Gasteiger partial charge in [0.1, 0.15) is 18.0 Å². The quantitative estimate of drug-likeness (QED) is 0.286. The number of fused-ring (bicyclic) bond motifs is 2. The van der Waals surface area contributed by atoms with Crippen LogP contribution in [0.5, 0.6) is 5.75 Å². The third-order valence-corrected chi connectivity index (χ3v) is 8.69. The molecule has 3 atom stereocenters. The molecule has 4 aromatic carbocycles. The average Bonchev–Trinajstić information content (AvgIpc) is 3.05. The molecule has 45 heavy (non-hydrogen) atoms. The number of rotatable bonds is 8. The van der Waals surface area contributed by atoms with Gasteiger partial charge in [0.25, 0.3) is 0 Å². The summed E-state index contributed by atoms with van der Waals surface area (Å²) in [6.07, 6.45) is 1.14. The lowest BCUT2D eigenvalue weighted by Gasteiger charge is -2.57. The minimum atomic E-state index is -0.853. The van der Waals surface area contributed by atoms with E-state index in [1.54, 1.807) is 50.2 Å². The van der Waals surface area contributed by atoms with Gasteiger partial charge in [0.2, 0.25) is 11.8 Å². The van der Waals surface area contributed by atoms with Crippen LogP contribution in [-0.2, 0) is 29.1 Å². The van der Waals surface area contributed by atoms with E-state index in [0.29, 0.717) is 13.1 Å². The molecule has 6 rings (SSSR count). The van der Waals surface area contributed by atoms with E-state index in [-0.39, 0.29) is 43.1 Å². The normalized spacial score (nSPS) is 20.3. The number of carbonyl (C=O) groups is 3. The number of benzene rings is 4. The Bertz CT molecular complexity index is 1700. The smallest absolute Gasteiger partial charge is 0.334 e. The zero-order valence-electron chi connectivity index (χ0n) is 25.3. The second kappa shape index (κ2) is 12.8. The number of phenolic OH excluding ortho intramolecular Hbond substituents is 1. The first kappa shape index (κ1) is 29.9. The van der Waals surface area contributed by atoms with Gasteiger partial charge in [-0.25, -0.2) is 14.8 Å². The number of carbonyl (C=O) groups excluding carboxylic acids is 3. The third-order valence-electron chi connectivity index (χ3n) is 8.69. The fraction of sp³-hybridized carbons (Fsp3) is 0.250. The van der Waals surface area contributed by atoms with Crippen LogP contribution in [-0.4, -0.2) is 74.1 Å². The first-order valence-electron chi connectivity index (χ1n) is 15.2. The summed E-state index contributed by atoms with van der Waals surface area (Å²) in [4.78, 5) is 45.9. The Balaban J connectivity index is 1.40. The van der Waals surface area contributed by atoms with Crippen LogP contribution in [0.2, 0.25) is 0 Å². The molecule has 0 saturated carbocycles. The summed E-state index contributed by atoms with van der Waals surface area (Å²) >= 11 is 0. The Kier molecular flexibility index (Phi) is 8.53.